The Hall–Kier alpha value is -1.52. The highest BCUT2D eigenvalue weighted by Crippen LogP contribution is 2.32. The van der Waals surface area contributed by atoms with Crippen molar-refractivity contribution in [1.29, 1.82) is 0 Å². The summed E-state index contributed by atoms with van der Waals surface area (Å²) < 4.78 is 37.6. The molecule has 0 fully saturated rings. The molecule has 0 aliphatic heterocycles. The molecule has 1 rings (SSSR count). The molecule has 0 aromatic heterocycles. The monoisotopic (exact) mass is 231 g/mol. The molecule has 0 saturated heterocycles. The molecule has 0 saturated carbocycles. The first kappa shape index (κ1) is 12.5. The van der Waals surface area contributed by atoms with Crippen LogP contribution >= 0.6 is 0 Å². The van der Waals surface area contributed by atoms with Gasteiger partial charge in [-0.3, -0.25) is 0 Å². The highest BCUT2D eigenvalue weighted by atomic mass is 19.4. The van der Waals surface area contributed by atoms with E-state index < -0.39 is 11.7 Å². The molecule has 0 aliphatic carbocycles. The van der Waals surface area contributed by atoms with E-state index in [2.05, 4.69) is 5.16 Å². The van der Waals surface area contributed by atoms with Crippen molar-refractivity contribution in [2.45, 2.75) is 26.1 Å². The lowest BCUT2D eigenvalue weighted by molar-refractivity contribution is -0.138. The smallest absolute Gasteiger partial charge is 0.391 e. The number of alkyl halides is 3. The second-order valence-corrected chi connectivity index (χ2v) is 3.12. The molecule has 1 aromatic rings. The van der Waals surface area contributed by atoms with Gasteiger partial charge in [0.05, 0.1) is 5.56 Å². The first-order chi connectivity index (χ1) is 7.55. The summed E-state index contributed by atoms with van der Waals surface area (Å²) in [5.74, 6) is 0. The van der Waals surface area contributed by atoms with Crippen LogP contribution in [0.5, 0.6) is 0 Å². The van der Waals surface area contributed by atoms with E-state index in [1.807, 2.05) is 6.92 Å². The second-order valence-electron chi connectivity index (χ2n) is 3.12. The quantitative estimate of drug-likeness (QED) is 0.573. The van der Waals surface area contributed by atoms with Crippen molar-refractivity contribution in [3.05, 3.63) is 35.4 Å². The number of hydrogen-bond acceptors (Lipinski definition) is 2. The molecule has 88 valence electrons. The van der Waals surface area contributed by atoms with E-state index in [0.717, 1.165) is 6.07 Å². The number of rotatable bonds is 4. The highest BCUT2D eigenvalue weighted by molar-refractivity contribution is 5.55. The zero-order valence-corrected chi connectivity index (χ0v) is 8.79. The molecular weight excluding hydrogens is 219 g/mol. The molecule has 0 heterocycles. The third-order valence-electron chi connectivity index (χ3n) is 1.87. The molecule has 0 atom stereocenters. The molecule has 0 amide bonds. The first-order valence-corrected chi connectivity index (χ1v) is 4.84. The maximum Gasteiger partial charge on any atom is 0.416 e. The van der Waals surface area contributed by atoms with Crippen molar-refractivity contribution in [3.8, 4) is 0 Å². The van der Waals surface area contributed by atoms with Crippen LogP contribution in [0.25, 0.3) is 0 Å². The van der Waals surface area contributed by atoms with Crippen LogP contribution in [0, 0.1) is 0 Å². The van der Waals surface area contributed by atoms with Gasteiger partial charge in [-0.15, -0.1) is 0 Å². The third-order valence-corrected chi connectivity index (χ3v) is 1.87. The summed E-state index contributed by atoms with van der Waals surface area (Å²) in [4.78, 5) is 4.77. The second kappa shape index (κ2) is 5.53. The molecule has 1 aromatic carbocycles. The largest absolute Gasteiger partial charge is 0.416 e. The van der Waals surface area contributed by atoms with Gasteiger partial charge < -0.3 is 4.84 Å². The van der Waals surface area contributed by atoms with E-state index >= 15 is 0 Å². The maximum absolute atomic E-state index is 12.5. The molecule has 0 unspecified atom stereocenters. The van der Waals surface area contributed by atoms with Gasteiger partial charge in [0.15, 0.2) is 0 Å². The molecule has 2 nitrogen and oxygen atoms in total. The number of hydrogen-bond donors (Lipinski definition) is 0. The van der Waals surface area contributed by atoms with E-state index in [1.165, 1.54) is 24.4 Å². The highest BCUT2D eigenvalue weighted by Gasteiger charge is 2.32. The van der Waals surface area contributed by atoms with Gasteiger partial charge >= 0.3 is 6.18 Å². The average molecular weight is 231 g/mol. The van der Waals surface area contributed by atoms with Crippen molar-refractivity contribution in [2.24, 2.45) is 5.16 Å². The van der Waals surface area contributed by atoms with Crippen molar-refractivity contribution < 1.29 is 18.0 Å². The van der Waals surface area contributed by atoms with Crippen LogP contribution in [0.3, 0.4) is 0 Å². The van der Waals surface area contributed by atoms with Crippen molar-refractivity contribution >= 4 is 6.21 Å². The van der Waals surface area contributed by atoms with Gasteiger partial charge in [0, 0.05) is 11.8 Å². The Kier molecular flexibility index (Phi) is 4.34. The minimum absolute atomic E-state index is 0.0863. The Labute approximate surface area is 91.7 Å². The van der Waals surface area contributed by atoms with Gasteiger partial charge in [0.2, 0.25) is 0 Å². The molecule has 0 radical (unpaired) electrons. The molecule has 0 bridgehead atoms. The van der Waals surface area contributed by atoms with Gasteiger partial charge in [-0.05, 0) is 12.5 Å². The fourth-order valence-corrected chi connectivity index (χ4v) is 1.16. The lowest BCUT2D eigenvalue weighted by Crippen LogP contribution is -2.09. The Bertz CT molecular complexity index is 360. The Morgan fingerprint density at radius 2 is 2.00 bits per heavy atom. The van der Waals surface area contributed by atoms with Crippen molar-refractivity contribution in [2.75, 3.05) is 0 Å². The van der Waals surface area contributed by atoms with Gasteiger partial charge in [0.1, 0.15) is 6.61 Å². The van der Waals surface area contributed by atoms with Gasteiger partial charge in [-0.1, -0.05) is 30.3 Å². The molecule has 5 heteroatoms. The van der Waals surface area contributed by atoms with Crippen LogP contribution in [0.4, 0.5) is 13.2 Å². The first-order valence-electron chi connectivity index (χ1n) is 4.84. The topological polar surface area (TPSA) is 21.6 Å². The van der Waals surface area contributed by atoms with Crippen LogP contribution < -0.4 is 0 Å². The average Bonchev–Trinajstić information content (AvgIpc) is 2.24. The summed E-state index contributed by atoms with van der Waals surface area (Å²) in [6, 6.07) is 5.30. The Morgan fingerprint density at radius 3 is 2.62 bits per heavy atom. The van der Waals surface area contributed by atoms with Gasteiger partial charge in [0.25, 0.3) is 0 Å². The summed E-state index contributed by atoms with van der Waals surface area (Å²) in [7, 11) is 0. The number of halogens is 3. The lowest BCUT2D eigenvalue weighted by atomic mass is 10.1. The summed E-state index contributed by atoms with van der Waals surface area (Å²) in [5, 5.41) is 3.52. The Morgan fingerprint density at radius 1 is 1.31 bits per heavy atom. The minimum atomic E-state index is -4.35. The normalized spacial score (nSPS) is 12.0. The molecule has 0 spiro atoms. The van der Waals surface area contributed by atoms with E-state index in [4.69, 9.17) is 4.84 Å². The standard InChI is InChI=1S/C11H12F3NO/c1-2-7-15-16-8-9-5-3-4-6-10(9)11(12,13)14/h3-7H,2,8H2,1H3. The summed E-state index contributed by atoms with van der Waals surface area (Å²) in [6.07, 6.45) is -2.18. The van der Waals surface area contributed by atoms with Gasteiger partial charge in [-0.2, -0.15) is 13.2 Å². The van der Waals surface area contributed by atoms with E-state index in [0.29, 0.717) is 6.42 Å². The SMILES string of the molecule is CCC=NOCc1ccccc1C(F)(F)F. The molecule has 16 heavy (non-hydrogen) atoms. The van der Waals surface area contributed by atoms with Crippen LogP contribution in [0.15, 0.2) is 29.4 Å². The van der Waals surface area contributed by atoms with Crippen molar-refractivity contribution in [3.63, 3.8) is 0 Å². The molecular formula is C11H12F3NO. The van der Waals surface area contributed by atoms with E-state index in [9.17, 15) is 13.2 Å². The maximum atomic E-state index is 12.5. The Balaban J connectivity index is 2.76. The van der Waals surface area contributed by atoms with E-state index in [1.54, 1.807) is 0 Å². The minimum Gasteiger partial charge on any atom is -0.391 e. The predicted octanol–water partition coefficient (Wildman–Crippen LogP) is 3.62. The summed E-state index contributed by atoms with van der Waals surface area (Å²) in [5.41, 5.74) is -0.593. The predicted molar refractivity (Wildman–Crippen MR) is 55.0 cm³/mol. The fourth-order valence-electron chi connectivity index (χ4n) is 1.16. The zero-order chi connectivity index (χ0) is 12.0. The number of oxime groups is 1. The fraction of sp³-hybridized carbons (Fsp3) is 0.364. The number of benzene rings is 1. The van der Waals surface area contributed by atoms with Crippen LogP contribution in [-0.4, -0.2) is 6.21 Å². The zero-order valence-electron chi connectivity index (χ0n) is 8.79. The molecule has 0 N–H and O–H groups in total. The van der Waals surface area contributed by atoms with E-state index in [-0.39, 0.29) is 12.2 Å². The van der Waals surface area contributed by atoms with Crippen molar-refractivity contribution in [1.82, 2.24) is 0 Å². The lowest BCUT2D eigenvalue weighted by Gasteiger charge is -2.11. The summed E-state index contributed by atoms with van der Waals surface area (Å²) in [6.45, 7) is 1.68. The summed E-state index contributed by atoms with van der Waals surface area (Å²) >= 11 is 0. The van der Waals surface area contributed by atoms with Crippen LogP contribution in [0.2, 0.25) is 0 Å². The molecule has 0 aliphatic rings. The van der Waals surface area contributed by atoms with Crippen LogP contribution in [0.1, 0.15) is 24.5 Å². The number of nitrogens with zero attached hydrogens (tertiary/aromatic N) is 1. The third kappa shape index (κ3) is 3.56. The van der Waals surface area contributed by atoms with Gasteiger partial charge in [-0.25, -0.2) is 0 Å². The van der Waals surface area contributed by atoms with Crippen LogP contribution in [-0.2, 0) is 17.6 Å².